The van der Waals surface area contributed by atoms with Gasteiger partial charge in [-0.15, -0.1) is 0 Å². The Morgan fingerprint density at radius 3 is 2.19 bits per heavy atom. The van der Waals surface area contributed by atoms with Crippen molar-refractivity contribution in [2.45, 2.75) is 6.92 Å². The number of rotatable bonds is 6. The fraction of sp³-hybridized carbons (Fsp3) is 0.222. The SMILES string of the molecule is CC(=O)Nc1cccc(N(CC(=O)N(C)c2ccccc2)S(C)(=O)=O)c1. The summed E-state index contributed by atoms with van der Waals surface area (Å²) in [4.78, 5) is 25.2. The van der Waals surface area contributed by atoms with Crippen LogP contribution in [0, 0.1) is 0 Å². The zero-order valence-corrected chi connectivity index (χ0v) is 15.7. The van der Waals surface area contributed by atoms with Crippen LogP contribution in [0.25, 0.3) is 0 Å². The molecule has 2 aromatic carbocycles. The summed E-state index contributed by atoms with van der Waals surface area (Å²) < 4.78 is 25.5. The van der Waals surface area contributed by atoms with E-state index in [4.69, 9.17) is 0 Å². The molecule has 0 unspecified atom stereocenters. The second-order valence-electron chi connectivity index (χ2n) is 5.79. The lowest BCUT2D eigenvalue weighted by Crippen LogP contribution is -2.41. The number of para-hydroxylation sites is 1. The van der Waals surface area contributed by atoms with Gasteiger partial charge in [-0.3, -0.25) is 13.9 Å². The average molecular weight is 375 g/mol. The molecule has 0 radical (unpaired) electrons. The molecule has 0 fully saturated rings. The molecule has 0 saturated heterocycles. The molecule has 0 aliphatic heterocycles. The number of nitrogens with zero attached hydrogens (tertiary/aromatic N) is 2. The van der Waals surface area contributed by atoms with E-state index in [-0.39, 0.29) is 18.4 Å². The molecule has 0 spiro atoms. The second-order valence-corrected chi connectivity index (χ2v) is 7.70. The van der Waals surface area contributed by atoms with Gasteiger partial charge in [0.15, 0.2) is 0 Å². The molecule has 0 heterocycles. The Bertz CT molecular complexity index is 898. The fourth-order valence-electron chi connectivity index (χ4n) is 2.37. The third-order valence-electron chi connectivity index (χ3n) is 3.65. The number of sulfonamides is 1. The maximum atomic E-state index is 12.6. The molecule has 2 rings (SSSR count). The zero-order valence-electron chi connectivity index (χ0n) is 14.8. The normalized spacial score (nSPS) is 10.9. The van der Waals surface area contributed by atoms with Crippen molar-refractivity contribution in [3.05, 3.63) is 54.6 Å². The molecule has 138 valence electrons. The van der Waals surface area contributed by atoms with Crippen LogP contribution in [0.4, 0.5) is 17.1 Å². The monoisotopic (exact) mass is 375 g/mol. The maximum absolute atomic E-state index is 12.6. The first kappa shape index (κ1) is 19.5. The smallest absolute Gasteiger partial charge is 0.247 e. The molecule has 0 aliphatic carbocycles. The van der Waals surface area contributed by atoms with Crippen molar-refractivity contribution in [1.29, 1.82) is 0 Å². The lowest BCUT2D eigenvalue weighted by atomic mass is 10.2. The highest BCUT2D eigenvalue weighted by Gasteiger charge is 2.23. The lowest BCUT2D eigenvalue weighted by Gasteiger charge is -2.25. The van der Waals surface area contributed by atoms with Gasteiger partial charge >= 0.3 is 0 Å². The van der Waals surface area contributed by atoms with Crippen molar-refractivity contribution in [3.8, 4) is 0 Å². The van der Waals surface area contributed by atoms with Gasteiger partial charge < -0.3 is 10.2 Å². The zero-order chi connectivity index (χ0) is 19.3. The van der Waals surface area contributed by atoms with Crippen LogP contribution in [0.5, 0.6) is 0 Å². The molecule has 0 aromatic heterocycles. The summed E-state index contributed by atoms with van der Waals surface area (Å²) in [6, 6.07) is 15.3. The molecular formula is C18H21N3O4S. The largest absolute Gasteiger partial charge is 0.326 e. The summed E-state index contributed by atoms with van der Waals surface area (Å²) in [6.45, 7) is 1.01. The number of carbonyl (C=O) groups is 2. The van der Waals surface area contributed by atoms with E-state index in [1.807, 2.05) is 6.07 Å². The van der Waals surface area contributed by atoms with Crippen molar-refractivity contribution >= 4 is 38.9 Å². The van der Waals surface area contributed by atoms with Crippen LogP contribution in [-0.4, -0.2) is 40.1 Å². The summed E-state index contributed by atoms with van der Waals surface area (Å²) in [5.41, 5.74) is 1.42. The number of nitrogens with one attached hydrogen (secondary N) is 1. The van der Waals surface area contributed by atoms with Gasteiger partial charge in [0.25, 0.3) is 0 Å². The van der Waals surface area contributed by atoms with Crippen LogP contribution in [0.1, 0.15) is 6.92 Å². The fourth-order valence-corrected chi connectivity index (χ4v) is 3.21. The summed E-state index contributed by atoms with van der Waals surface area (Å²) in [7, 11) is -2.11. The Hall–Kier alpha value is -2.87. The highest BCUT2D eigenvalue weighted by molar-refractivity contribution is 7.92. The van der Waals surface area contributed by atoms with Crippen LogP contribution in [0.2, 0.25) is 0 Å². The highest BCUT2D eigenvalue weighted by Crippen LogP contribution is 2.22. The van der Waals surface area contributed by atoms with Crippen LogP contribution in [0.15, 0.2) is 54.6 Å². The average Bonchev–Trinajstić information content (AvgIpc) is 2.58. The first-order chi connectivity index (χ1) is 12.2. The third-order valence-corrected chi connectivity index (χ3v) is 4.79. The lowest BCUT2D eigenvalue weighted by molar-refractivity contribution is -0.117. The topological polar surface area (TPSA) is 86.8 Å². The van der Waals surface area contributed by atoms with Crippen molar-refractivity contribution < 1.29 is 18.0 Å². The standard InChI is InChI=1S/C18H21N3O4S/c1-14(22)19-15-8-7-11-17(12-15)21(26(3,24)25)13-18(23)20(2)16-9-5-4-6-10-16/h4-12H,13H2,1-3H3,(H,19,22). The van der Waals surface area contributed by atoms with Crippen LogP contribution in [0.3, 0.4) is 0 Å². The van der Waals surface area contributed by atoms with Crippen molar-refractivity contribution in [2.24, 2.45) is 0 Å². The summed E-state index contributed by atoms with van der Waals surface area (Å²) in [5.74, 6) is -0.653. The number of hydrogen-bond acceptors (Lipinski definition) is 4. The maximum Gasteiger partial charge on any atom is 0.247 e. The molecule has 0 saturated carbocycles. The van der Waals surface area contributed by atoms with Gasteiger partial charge in [0.05, 0.1) is 11.9 Å². The molecule has 0 bridgehead atoms. The first-order valence-electron chi connectivity index (χ1n) is 7.85. The van der Waals surface area contributed by atoms with Crippen LogP contribution < -0.4 is 14.5 Å². The Kier molecular flexibility index (Phi) is 5.99. The second kappa shape index (κ2) is 8.01. The molecule has 2 aromatic rings. The quantitative estimate of drug-likeness (QED) is 0.837. The van der Waals surface area contributed by atoms with Crippen molar-refractivity contribution in [2.75, 3.05) is 34.4 Å². The minimum Gasteiger partial charge on any atom is -0.326 e. The predicted molar refractivity (Wildman–Crippen MR) is 103 cm³/mol. The van der Waals surface area contributed by atoms with E-state index >= 15 is 0 Å². The predicted octanol–water partition coefficient (Wildman–Crippen LogP) is 2.07. The molecular weight excluding hydrogens is 354 g/mol. The highest BCUT2D eigenvalue weighted by atomic mass is 32.2. The molecule has 8 heteroatoms. The van der Waals surface area contributed by atoms with Gasteiger partial charge in [0, 0.05) is 25.3 Å². The van der Waals surface area contributed by atoms with E-state index in [9.17, 15) is 18.0 Å². The summed E-state index contributed by atoms with van der Waals surface area (Å²) >= 11 is 0. The minimum absolute atomic E-state index is 0.270. The van der Waals surface area contributed by atoms with Crippen molar-refractivity contribution in [3.63, 3.8) is 0 Å². The molecule has 2 amide bonds. The van der Waals surface area contributed by atoms with Gasteiger partial charge in [0.2, 0.25) is 21.8 Å². The summed E-state index contributed by atoms with van der Waals surface area (Å²) in [5, 5.41) is 2.60. The minimum atomic E-state index is -3.70. The number of amides is 2. The van der Waals surface area contributed by atoms with Crippen LogP contribution >= 0.6 is 0 Å². The van der Waals surface area contributed by atoms with Gasteiger partial charge in [-0.1, -0.05) is 24.3 Å². The van der Waals surface area contributed by atoms with E-state index in [0.717, 1.165) is 10.6 Å². The first-order valence-corrected chi connectivity index (χ1v) is 9.70. The molecule has 7 nitrogen and oxygen atoms in total. The van der Waals surface area contributed by atoms with E-state index in [0.29, 0.717) is 17.1 Å². The van der Waals surface area contributed by atoms with Gasteiger partial charge in [-0.2, -0.15) is 0 Å². The number of likely N-dealkylation sites (N-methyl/N-ethyl adjacent to an activating group) is 1. The molecule has 0 atom stereocenters. The number of anilines is 3. The van der Waals surface area contributed by atoms with E-state index in [2.05, 4.69) is 5.32 Å². The number of benzene rings is 2. The van der Waals surface area contributed by atoms with Gasteiger partial charge in [-0.05, 0) is 30.3 Å². The number of carbonyl (C=O) groups excluding carboxylic acids is 2. The Labute approximate surface area is 153 Å². The van der Waals surface area contributed by atoms with E-state index in [1.54, 1.807) is 49.5 Å². The molecule has 1 N–H and O–H groups in total. The summed E-state index contributed by atoms with van der Waals surface area (Å²) in [6.07, 6.45) is 1.04. The molecule has 0 aliphatic rings. The van der Waals surface area contributed by atoms with Gasteiger partial charge in [-0.25, -0.2) is 8.42 Å². The molecule has 26 heavy (non-hydrogen) atoms. The van der Waals surface area contributed by atoms with Gasteiger partial charge in [0.1, 0.15) is 6.54 Å². The van der Waals surface area contributed by atoms with E-state index in [1.165, 1.54) is 17.9 Å². The third kappa shape index (κ3) is 5.06. The Morgan fingerprint density at radius 2 is 1.62 bits per heavy atom. The Balaban J connectivity index is 2.29. The van der Waals surface area contributed by atoms with Crippen LogP contribution in [-0.2, 0) is 19.6 Å². The van der Waals surface area contributed by atoms with E-state index < -0.39 is 10.0 Å². The number of hydrogen-bond donors (Lipinski definition) is 1. The Morgan fingerprint density at radius 1 is 1.00 bits per heavy atom. The van der Waals surface area contributed by atoms with Crippen molar-refractivity contribution in [1.82, 2.24) is 0 Å².